The minimum Gasteiger partial charge on any atom is -0.466 e. The minimum atomic E-state index is -0.342. The topological polar surface area (TPSA) is 38.3 Å². The number of esters is 1. The predicted molar refractivity (Wildman–Crippen MR) is 112 cm³/mol. The summed E-state index contributed by atoms with van der Waals surface area (Å²) in [5, 5.41) is 4.36. The third kappa shape index (κ3) is 5.86. The van der Waals surface area contributed by atoms with Crippen molar-refractivity contribution in [3.8, 4) is 0 Å². The van der Waals surface area contributed by atoms with Gasteiger partial charge in [-0.15, -0.1) is 0 Å². The van der Waals surface area contributed by atoms with Gasteiger partial charge in [0.25, 0.3) is 0 Å². The molecule has 2 aromatic rings. The highest BCUT2D eigenvalue weighted by Gasteiger charge is 2.22. The van der Waals surface area contributed by atoms with Crippen LogP contribution in [0.15, 0.2) is 54.6 Å². The van der Waals surface area contributed by atoms with E-state index in [1.807, 2.05) is 24.3 Å². The van der Waals surface area contributed by atoms with Crippen LogP contribution in [0.25, 0.3) is 6.08 Å². The van der Waals surface area contributed by atoms with Crippen LogP contribution in [-0.2, 0) is 9.53 Å². The van der Waals surface area contributed by atoms with Crippen LogP contribution in [0.2, 0.25) is 5.02 Å². The Morgan fingerprint density at radius 3 is 2.59 bits per heavy atom. The molecule has 3 rings (SSSR count). The Morgan fingerprint density at radius 2 is 1.89 bits per heavy atom. The normalized spacial score (nSPS) is 19.8. The second kappa shape index (κ2) is 9.61. The fraction of sp³-hybridized carbons (Fsp3) is 0.348. The molecule has 1 saturated carbocycles. The molecular weight excluding hydrogens is 358 g/mol. The van der Waals surface area contributed by atoms with E-state index in [9.17, 15) is 4.79 Å². The van der Waals surface area contributed by atoms with Gasteiger partial charge < -0.3 is 10.1 Å². The van der Waals surface area contributed by atoms with Gasteiger partial charge in [-0.05, 0) is 79.0 Å². The molecule has 1 N–H and O–H groups in total. The number of hydrogen-bond donors (Lipinski definition) is 1. The molecule has 1 aliphatic carbocycles. The molecule has 142 valence electrons. The van der Waals surface area contributed by atoms with Crippen molar-refractivity contribution in [1.29, 1.82) is 0 Å². The zero-order chi connectivity index (χ0) is 19.1. The van der Waals surface area contributed by atoms with Gasteiger partial charge in [0.05, 0.1) is 7.11 Å². The molecule has 0 saturated heterocycles. The maximum absolute atomic E-state index is 11.2. The highest BCUT2D eigenvalue weighted by atomic mass is 35.5. The number of halogens is 1. The van der Waals surface area contributed by atoms with Crippen LogP contribution in [0.4, 0.5) is 5.69 Å². The van der Waals surface area contributed by atoms with Crippen molar-refractivity contribution in [3.05, 3.63) is 70.8 Å². The summed E-state index contributed by atoms with van der Waals surface area (Å²) in [6.07, 6.45) is 8.15. The van der Waals surface area contributed by atoms with Gasteiger partial charge >= 0.3 is 5.97 Å². The van der Waals surface area contributed by atoms with Crippen LogP contribution < -0.4 is 5.32 Å². The fourth-order valence-electron chi connectivity index (χ4n) is 3.68. The molecule has 0 radical (unpaired) electrons. The molecule has 2 aromatic carbocycles. The van der Waals surface area contributed by atoms with Gasteiger partial charge in [0.1, 0.15) is 0 Å². The molecule has 0 atom stereocenters. The van der Waals surface area contributed by atoms with Crippen LogP contribution in [0.3, 0.4) is 0 Å². The van der Waals surface area contributed by atoms with Crippen LogP contribution in [0.5, 0.6) is 0 Å². The first-order valence-electron chi connectivity index (χ1n) is 9.49. The molecule has 0 unspecified atom stereocenters. The average Bonchev–Trinajstić information content (AvgIpc) is 2.72. The summed E-state index contributed by atoms with van der Waals surface area (Å²) in [5.74, 6) is 1.01. The standard InChI is InChI=1S/C23H26ClNO2/c1-27-23(26)14-7-17-3-2-4-22(15-17)25-16-18-5-8-19(9-6-18)20-10-12-21(24)13-11-20/h2-4,7,10-15,18-19,25H,5-6,8-9,16H2,1H3/b14-7+. The minimum absolute atomic E-state index is 0.342. The molecule has 1 aliphatic rings. The molecule has 27 heavy (non-hydrogen) atoms. The number of carbonyl (C=O) groups is 1. The second-order valence-corrected chi connectivity index (χ2v) is 7.57. The van der Waals surface area contributed by atoms with Crippen molar-refractivity contribution in [2.75, 3.05) is 19.0 Å². The quantitative estimate of drug-likeness (QED) is 0.497. The molecule has 0 bridgehead atoms. The van der Waals surface area contributed by atoms with Crippen molar-refractivity contribution < 1.29 is 9.53 Å². The van der Waals surface area contributed by atoms with Crippen LogP contribution in [0, 0.1) is 5.92 Å². The molecule has 0 heterocycles. The van der Waals surface area contributed by atoms with E-state index in [4.69, 9.17) is 11.6 Å². The zero-order valence-corrected chi connectivity index (χ0v) is 16.4. The molecule has 0 aromatic heterocycles. The lowest BCUT2D eigenvalue weighted by Crippen LogP contribution is -2.20. The average molecular weight is 384 g/mol. The lowest BCUT2D eigenvalue weighted by Gasteiger charge is -2.29. The Labute approximate surface area is 166 Å². The van der Waals surface area contributed by atoms with Crippen molar-refractivity contribution >= 4 is 29.3 Å². The summed E-state index contributed by atoms with van der Waals surface area (Å²) in [6, 6.07) is 16.4. The van der Waals surface area contributed by atoms with E-state index in [2.05, 4.69) is 34.3 Å². The molecule has 0 aliphatic heterocycles. The fourth-order valence-corrected chi connectivity index (χ4v) is 3.81. The van der Waals surface area contributed by atoms with Gasteiger partial charge in [0.2, 0.25) is 0 Å². The number of methoxy groups -OCH3 is 1. The monoisotopic (exact) mass is 383 g/mol. The highest BCUT2D eigenvalue weighted by molar-refractivity contribution is 6.30. The van der Waals surface area contributed by atoms with Crippen molar-refractivity contribution in [3.63, 3.8) is 0 Å². The van der Waals surface area contributed by atoms with Crippen LogP contribution >= 0.6 is 11.6 Å². The Hall–Kier alpha value is -2.26. The Kier molecular flexibility index (Phi) is 6.94. The first-order valence-corrected chi connectivity index (χ1v) is 9.87. The van der Waals surface area contributed by atoms with Gasteiger partial charge in [0.15, 0.2) is 0 Å². The smallest absolute Gasteiger partial charge is 0.330 e. The Bertz CT molecular complexity index is 777. The van der Waals surface area contributed by atoms with E-state index >= 15 is 0 Å². The Morgan fingerprint density at radius 1 is 1.15 bits per heavy atom. The molecular formula is C23H26ClNO2. The van der Waals surface area contributed by atoms with Gasteiger partial charge in [-0.3, -0.25) is 0 Å². The second-order valence-electron chi connectivity index (χ2n) is 7.13. The first kappa shape index (κ1) is 19.5. The largest absolute Gasteiger partial charge is 0.466 e. The summed E-state index contributed by atoms with van der Waals surface area (Å²) >= 11 is 5.99. The SMILES string of the molecule is COC(=O)/C=C/c1cccc(NCC2CCC(c3ccc(Cl)cc3)CC2)c1. The van der Waals surface area contributed by atoms with E-state index in [-0.39, 0.29) is 5.97 Å². The van der Waals surface area contributed by atoms with Gasteiger partial charge in [-0.25, -0.2) is 4.79 Å². The number of hydrogen-bond acceptors (Lipinski definition) is 3. The maximum Gasteiger partial charge on any atom is 0.330 e. The number of rotatable bonds is 6. The molecule has 3 nitrogen and oxygen atoms in total. The molecule has 4 heteroatoms. The van der Waals surface area contributed by atoms with E-state index in [0.29, 0.717) is 11.8 Å². The number of ether oxygens (including phenoxy) is 1. The number of anilines is 1. The number of benzene rings is 2. The Balaban J connectivity index is 1.48. The summed E-state index contributed by atoms with van der Waals surface area (Å²) in [5.41, 5.74) is 3.48. The van der Waals surface area contributed by atoms with Gasteiger partial charge in [-0.1, -0.05) is 35.9 Å². The summed E-state index contributed by atoms with van der Waals surface area (Å²) < 4.78 is 4.63. The highest BCUT2D eigenvalue weighted by Crippen LogP contribution is 2.36. The zero-order valence-electron chi connectivity index (χ0n) is 15.7. The summed E-state index contributed by atoms with van der Waals surface area (Å²) in [7, 11) is 1.38. The van der Waals surface area contributed by atoms with E-state index in [1.54, 1.807) is 6.08 Å². The summed E-state index contributed by atoms with van der Waals surface area (Å²) in [6.45, 7) is 0.984. The lowest BCUT2D eigenvalue weighted by molar-refractivity contribution is -0.134. The van der Waals surface area contributed by atoms with E-state index in [0.717, 1.165) is 22.8 Å². The maximum atomic E-state index is 11.2. The predicted octanol–water partition coefficient (Wildman–Crippen LogP) is 5.91. The van der Waals surface area contributed by atoms with Crippen molar-refractivity contribution in [2.45, 2.75) is 31.6 Å². The van der Waals surface area contributed by atoms with Gasteiger partial charge in [-0.2, -0.15) is 0 Å². The van der Waals surface area contributed by atoms with E-state index in [1.165, 1.54) is 44.4 Å². The van der Waals surface area contributed by atoms with Crippen LogP contribution in [-0.4, -0.2) is 19.6 Å². The van der Waals surface area contributed by atoms with Gasteiger partial charge in [0, 0.05) is 23.3 Å². The molecule has 0 spiro atoms. The van der Waals surface area contributed by atoms with Crippen molar-refractivity contribution in [2.24, 2.45) is 5.92 Å². The molecule has 0 amide bonds. The third-order valence-corrected chi connectivity index (χ3v) is 5.53. The first-order chi connectivity index (χ1) is 13.1. The third-order valence-electron chi connectivity index (χ3n) is 5.28. The number of nitrogens with one attached hydrogen (secondary N) is 1. The lowest BCUT2D eigenvalue weighted by atomic mass is 9.78. The summed E-state index contributed by atoms with van der Waals surface area (Å²) in [4.78, 5) is 11.2. The van der Waals surface area contributed by atoms with Crippen molar-refractivity contribution in [1.82, 2.24) is 0 Å². The molecule has 1 fully saturated rings. The number of carbonyl (C=O) groups excluding carboxylic acids is 1. The van der Waals surface area contributed by atoms with Crippen LogP contribution in [0.1, 0.15) is 42.7 Å². The van der Waals surface area contributed by atoms with E-state index < -0.39 is 0 Å².